The zero-order valence-corrected chi connectivity index (χ0v) is 19.0. The lowest BCUT2D eigenvalue weighted by Gasteiger charge is -2.13. The van der Waals surface area contributed by atoms with Crippen LogP contribution in [0.15, 0.2) is 71.8 Å². The highest BCUT2D eigenvalue weighted by Gasteiger charge is 2.24. The van der Waals surface area contributed by atoms with Crippen molar-refractivity contribution in [3.63, 3.8) is 0 Å². The van der Waals surface area contributed by atoms with Crippen molar-refractivity contribution < 1.29 is 9.53 Å². The third kappa shape index (κ3) is 5.04. The van der Waals surface area contributed by atoms with Gasteiger partial charge in [0.1, 0.15) is 5.69 Å². The SMILES string of the molecule is CCCCc1ccc(NC(=O)c2cn(CCOC)cc3c(=O)n(-c4ccccc4)nc2-3)cc1. The molecule has 2 aromatic carbocycles. The molecule has 0 fully saturated rings. The van der Waals surface area contributed by atoms with E-state index in [4.69, 9.17) is 4.74 Å². The van der Waals surface area contributed by atoms with Crippen molar-refractivity contribution in [2.24, 2.45) is 0 Å². The number of aromatic nitrogens is 3. The van der Waals surface area contributed by atoms with Crippen molar-refractivity contribution in [1.82, 2.24) is 14.3 Å². The Labute approximate surface area is 193 Å². The number of nitrogens with zero attached hydrogens (tertiary/aromatic N) is 3. The van der Waals surface area contributed by atoms with Crippen LogP contribution in [0, 0.1) is 0 Å². The summed E-state index contributed by atoms with van der Waals surface area (Å²) in [5, 5.41) is 7.46. The molecule has 2 heterocycles. The molecule has 4 rings (SSSR count). The van der Waals surface area contributed by atoms with E-state index >= 15 is 0 Å². The second-order valence-corrected chi connectivity index (χ2v) is 7.97. The first kappa shape index (κ1) is 22.5. The lowest BCUT2D eigenvalue weighted by Crippen LogP contribution is -2.18. The number of hydrogen-bond acceptors (Lipinski definition) is 4. The minimum atomic E-state index is -0.314. The maximum absolute atomic E-state index is 13.3. The molecule has 1 N–H and O–H groups in total. The van der Waals surface area contributed by atoms with Crippen molar-refractivity contribution in [2.75, 3.05) is 19.0 Å². The number of para-hydroxylation sites is 1. The van der Waals surface area contributed by atoms with E-state index < -0.39 is 0 Å². The number of methoxy groups -OCH3 is 1. The molecule has 2 aliphatic rings. The van der Waals surface area contributed by atoms with Gasteiger partial charge >= 0.3 is 0 Å². The number of aryl methyl sites for hydroxylation is 1. The number of rotatable bonds is 9. The fourth-order valence-electron chi connectivity index (χ4n) is 3.73. The van der Waals surface area contributed by atoms with Gasteiger partial charge in [-0.1, -0.05) is 43.7 Å². The van der Waals surface area contributed by atoms with Crippen LogP contribution in [-0.4, -0.2) is 34.0 Å². The zero-order chi connectivity index (χ0) is 23.2. The molecule has 0 bridgehead atoms. The molecule has 170 valence electrons. The Balaban J connectivity index is 1.70. The molecular formula is C26H28N4O3. The summed E-state index contributed by atoms with van der Waals surface area (Å²) in [5.74, 6) is -0.314. The number of benzene rings is 2. The average Bonchev–Trinajstić information content (AvgIpc) is 3.18. The van der Waals surface area contributed by atoms with E-state index in [9.17, 15) is 9.59 Å². The normalized spacial score (nSPS) is 11.1. The number of pyridine rings is 1. The van der Waals surface area contributed by atoms with E-state index in [2.05, 4.69) is 17.3 Å². The first-order valence-corrected chi connectivity index (χ1v) is 11.2. The largest absolute Gasteiger partial charge is 0.383 e. The smallest absolute Gasteiger partial charge is 0.282 e. The molecule has 0 radical (unpaired) electrons. The Kier molecular flexibility index (Phi) is 7.00. The van der Waals surface area contributed by atoms with Gasteiger partial charge in [-0.25, -0.2) is 0 Å². The van der Waals surface area contributed by atoms with Gasteiger partial charge in [0.15, 0.2) is 0 Å². The Hall–Kier alpha value is -3.71. The van der Waals surface area contributed by atoms with Crippen molar-refractivity contribution >= 4 is 11.6 Å². The molecular weight excluding hydrogens is 416 g/mol. The third-order valence-corrected chi connectivity index (χ3v) is 5.55. The molecule has 0 aliphatic carbocycles. The molecule has 7 nitrogen and oxygen atoms in total. The number of fused-ring (bicyclic) bond motifs is 1. The van der Waals surface area contributed by atoms with Crippen LogP contribution in [0.2, 0.25) is 0 Å². The van der Waals surface area contributed by atoms with E-state index in [-0.39, 0.29) is 11.5 Å². The van der Waals surface area contributed by atoms with Crippen LogP contribution < -0.4 is 10.9 Å². The Morgan fingerprint density at radius 2 is 1.82 bits per heavy atom. The molecule has 2 aromatic rings. The van der Waals surface area contributed by atoms with Gasteiger partial charge in [-0.2, -0.15) is 9.78 Å². The van der Waals surface area contributed by atoms with E-state index in [0.29, 0.717) is 41.3 Å². The van der Waals surface area contributed by atoms with Crippen LogP contribution >= 0.6 is 0 Å². The first-order valence-electron chi connectivity index (χ1n) is 11.2. The second-order valence-electron chi connectivity index (χ2n) is 7.97. The number of anilines is 1. The van der Waals surface area contributed by atoms with E-state index in [1.54, 1.807) is 24.1 Å². The maximum Gasteiger partial charge on any atom is 0.282 e. The minimum Gasteiger partial charge on any atom is -0.383 e. The average molecular weight is 445 g/mol. The predicted octanol–water partition coefficient (Wildman–Crippen LogP) is 4.38. The highest BCUT2D eigenvalue weighted by atomic mass is 16.5. The summed E-state index contributed by atoms with van der Waals surface area (Å²) >= 11 is 0. The lowest BCUT2D eigenvalue weighted by atomic mass is 10.1. The third-order valence-electron chi connectivity index (χ3n) is 5.55. The summed E-state index contributed by atoms with van der Waals surface area (Å²) in [6.45, 7) is 3.13. The second kappa shape index (κ2) is 10.3. The van der Waals surface area contributed by atoms with Gasteiger partial charge < -0.3 is 14.6 Å². The molecule has 0 aromatic heterocycles. The molecule has 2 aliphatic heterocycles. The number of unbranched alkanes of at least 4 members (excludes halogenated alkanes) is 1. The Bertz CT molecular complexity index is 1240. The van der Waals surface area contributed by atoms with Crippen molar-refractivity contribution in [3.8, 4) is 16.9 Å². The van der Waals surface area contributed by atoms with Crippen LogP contribution in [-0.2, 0) is 17.7 Å². The maximum atomic E-state index is 13.3. The predicted molar refractivity (Wildman–Crippen MR) is 129 cm³/mol. The van der Waals surface area contributed by atoms with Gasteiger partial charge in [-0.3, -0.25) is 9.59 Å². The van der Waals surface area contributed by atoms with Crippen molar-refractivity contribution in [3.05, 3.63) is 88.5 Å². The monoisotopic (exact) mass is 444 g/mol. The van der Waals surface area contributed by atoms with Gasteiger partial charge in [-0.15, -0.1) is 0 Å². The highest BCUT2D eigenvalue weighted by molar-refractivity contribution is 6.08. The quantitative estimate of drug-likeness (QED) is 0.416. The fraction of sp³-hybridized carbons (Fsp3) is 0.269. The molecule has 0 unspecified atom stereocenters. The van der Waals surface area contributed by atoms with Gasteiger partial charge in [0.25, 0.3) is 11.5 Å². The van der Waals surface area contributed by atoms with Gasteiger partial charge in [0, 0.05) is 31.7 Å². The first-order chi connectivity index (χ1) is 16.1. The number of ether oxygens (including phenoxy) is 1. The van der Waals surface area contributed by atoms with Crippen molar-refractivity contribution in [2.45, 2.75) is 32.7 Å². The molecule has 0 saturated heterocycles. The summed E-state index contributed by atoms with van der Waals surface area (Å²) in [6.07, 6.45) is 6.74. The van der Waals surface area contributed by atoms with E-state index in [0.717, 1.165) is 19.3 Å². The standard InChI is InChI=1S/C26H28N4O3/c1-3-4-8-19-11-13-20(14-12-19)27-25(31)22-17-29(15-16-33-2)18-23-24(22)28-30(26(23)32)21-9-6-5-7-10-21/h5-7,9-14,17-18H,3-4,8,15-16H2,1-2H3,(H,27,31). The molecule has 0 spiro atoms. The van der Waals surface area contributed by atoms with Crippen LogP contribution in [0.4, 0.5) is 5.69 Å². The van der Waals surface area contributed by atoms with Gasteiger partial charge in [-0.05, 0) is 42.7 Å². The summed E-state index contributed by atoms with van der Waals surface area (Å²) in [7, 11) is 1.61. The van der Waals surface area contributed by atoms with Gasteiger partial charge in [0.05, 0.1) is 23.4 Å². The van der Waals surface area contributed by atoms with Crippen LogP contribution in [0.5, 0.6) is 0 Å². The summed E-state index contributed by atoms with van der Waals surface area (Å²) in [6, 6.07) is 17.1. The number of carbonyl (C=O) groups excluding carboxylic acids is 1. The molecule has 0 saturated carbocycles. The number of nitrogens with one attached hydrogen (secondary N) is 1. The summed E-state index contributed by atoms with van der Waals surface area (Å²) in [4.78, 5) is 26.4. The highest BCUT2D eigenvalue weighted by Crippen LogP contribution is 2.24. The van der Waals surface area contributed by atoms with Crippen LogP contribution in [0.1, 0.15) is 35.7 Å². The van der Waals surface area contributed by atoms with Crippen LogP contribution in [0.3, 0.4) is 0 Å². The Morgan fingerprint density at radius 1 is 1.06 bits per heavy atom. The molecule has 7 heteroatoms. The topological polar surface area (TPSA) is 78.2 Å². The molecule has 0 atom stereocenters. The fourth-order valence-corrected chi connectivity index (χ4v) is 3.73. The zero-order valence-electron chi connectivity index (χ0n) is 19.0. The summed E-state index contributed by atoms with van der Waals surface area (Å²) in [5.41, 5.74) is 3.42. The van der Waals surface area contributed by atoms with Crippen molar-refractivity contribution in [1.29, 1.82) is 0 Å². The van der Waals surface area contributed by atoms with E-state index in [1.807, 2.05) is 54.6 Å². The van der Waals surface area contributed by atoms with Crippen LogP contribution in [0.25, 0.3) is 16.9 Å². The Morgan fingerprint density at radius 3 is 2.52 bits per heavy atom. The van der Waals surface area contributed by atoms with Gasteiger partial charge in [0.2, 0.25) is 0 Å². The number of hydrogen-bond donors (Lipinski definition) is 1. The summed E-state index contributed by atoms with van der Waals surface area (Å²) < 4.78 is 8.31. The minimum absolute atomic E-state index is 0.266. The number of amides is 1. The number of carbonyl (C=O) groups is 1. The molecule has 33 heavy (non-hydrogen) atoms. The van der Waals surface area contributed by atoms with E-state index in [1.165, 1.54) is 10.2 Å². The lowest BCUT2D eigenvalue weighted by molar-refractivity contribution is 0.102. The molecule has 1 amide bonds.